The zero-order valence-corrected chi connectivity index (χ0v) is 12.0. The van der Waals surface area contributed by atoms with Crippen molar-refractivity contribution >= 4 is 39.6 Å². The summed E-state index contributed by atoms with van der Waals surface area (Å²) < 4.78 is 42.2. The molecule has 7 heteroatoms. The maximum atomic E-state index is 13.7. The molecule has 0 bridgehead atoms. The smallest absolute Gasteiger partial charge is 0.206 e. The van der Waals surface area contributed by atoms with E-state index in [4.69, 9.17) is 5.73 Å². The van der Waals surface area contributed by atoms with E-state index in [0.29, 0.717) is 9.26 Å². The lowest BCUT2D eigenvalue weighted by Crippen LogP contribution is -2.03. The van der Waals surface area contributed by atoms with Gasteiger partial charge >= 0.3 is 0 Å². The van der Waals surface area contributed by atoms with Gasteiger partial charge in [-0.05, 0) is 40.8 Å². The Morgan fingerprint density at radius 3 is 2.50 bits per heavy atom. The zero-order valence-electron chi connectivity index (χ0n) is 9.87. The summed E-state index contributed by atoms with van der Waals surface area (Å²) in [5, 5.41) is 0. The largest absolute Gasteiger partial charge is 0.369 e. The second kappa shape index (κ2) is 4.65. The molecular formula is C13H7F3IN3. The molecular weight excluding hydrogens is 382 g/mol. The van der Waals surface area contributed by atoms with Gasteiger partial charge in [0.2, 0.25) is 5.95 Å². The van der Waals surface area contributed by atoms with Crippen molar-refractivity contribution in [1.82, 2.24) is 9.55 Å². The summed E-state index contributed by atoms with van der Waals surface area (Å²) in [5.41, 5.74) is 6.46. The first-order chi connectivity index (χ1) is 9.47. The van der Waals surface area contributed by atoms with Gasteiger partial charge in [-0.15, -0.1) is 0 Å². The van der Waals surface area contributed by atoms with Gasteiger partial charge in [-0.2, -0.15) is 0 Å². The minimum absolute atomic E-state index is 0.00836. The quantitative estimate of drug-likeness (QED) is 0.647. The number of rotatable bonds is 1. The SMILES string of the molecule is Nc1nc2c(F)cc(F)cc2n1-c1ccc(F)cc1I. The lowest BCUT2D eigenvalue weighted by atomic mass is 10.2. The fourth-order valence-electron chi connectivity index (χ4n) is 2.04. The minimum Gasteiger partial charge on any atom is -0.369 e. The Hall–Kier alpha value is -1.77. The molecule has 0 aliphatic heterocycles. The highest BCUT2D eigenvalue weighted by Crippen LogP contribution is 2.28. The van der Waals surface area contributed by atoms with Gasteiger partial charge in [0.25, 0.3) is 0 Å². The van der Waals surface area contributed by atoms with Crippen LogP contribution in [0.25, 0.3) is 16.7 Å². The van der Waals surface area contributed by atoms with Gasteiger partial charge in [-0.1, -0.05) is 0 Å². The minimum atomic E-state index is -0.789. The van der Waals surface area contributed by atoms with Crippen LogP contribution in [0.4, 0.5) is 19.1 Å². The third-order valence-electron chi connectivity index (χ3n) is 2.86. The van der Waals surface area contributed by atoms with Crippen LogP contribution in [-0.2, 0) is 0 Å². The van der Waals surface area contributed by atoms with E-state index in [0.717, 1.165) is 12.1 Å². The van der Waals surface area contributed by atoms with Gasteiger partial charge in [0, 0.05) is 15.7 Å². The summed E-state index contributed by atoms with van der Waals surface area (Å²) in [5.74, 6) is -1.91. The van der Waals surface area contributed by atoms with E-state index in [1.807, 2.05) is 22.6 Å². The summed E-state index contributed by atoms with van der Waals surface area (Å²) in [7, 11) is 0. The number of fused-ring (bicyclic) bond motifs is 1. The van der Waals surface area contributed by atoms with Crippen molar-refractivity contribution in [3.05, 3.63) is 51.4 Å². The van der Waals surface area contributed by atoms with Crippen molar-refractivity contribution < 1.29 is 13.2 Å². The van der Waals surface area contributed by atoms with Gasteiger partial charge in [0.05, 0.1) is 11.2 Å². The highest BCUT2D eigenvalue weighted by molar-refractivity contribution is 14.1. The summed E-state index contributed by atoms with van der Waals surface area (Å²) >= 11 is 1.92. The predicted octanol–water partition coefficient (Wildman–Crippen LogP) is 3.63. The summed E-state index contributed by atoms with van der Waals surface area (Å²) in [6.45, 7) is 0. The maximum absolute atomic E-state index is 13.7. The van der Waals surface area contributed by atoms with Gasteiger partial charge in [0.1, 0.15) is 17.2 Å². The molecule has 3 nitrogen and oxygen atoms in total. The molecule has 0 unspecified atom stereocenters. The number of nitrogen functional groups attached to an aromatic ring is 1. The Labute approximate surface area is 125 Å². The first kappa shape index (κ1) is 13.2. The van der Waals surface area contributed by atoms with Crippen molar-refractivity contribution in [2.45, 2.75) is 0 Å². The van der Waals surface area contributed by atoms with Gasteiger partial charge in [0.15, 0.2) is 5.82 Å². The molecule has 0 saturated heterocycles. The van der Waals surface area contributed by atoms with Crippen LogP contribution in [0.15, 0.2) is 30.3 Å². The van der Waals surface area contributed by atoms with Crippen LogP contribution < -0.4 is 5.73 Å². The van der Waals surface area contributed by atoms with Crippen LogP contribution in [0.1, 0.15) is 0 Å². The van der Waals surface area contributed by atoms with Crippen molar-refractivity contribution in [1.29, 1.82) is 0 Å². The molecule has 0 saturated carbocycles. The van der Waals surface area contributed by atoms with E-state index in [1.54, 1.807) is 0 Å². The fourth-order valence-corrected chi connectivity index (χ4v) is 2.76. The molecule has 0 aliphatic rings. The van der Waals surface area contributed by atoms with Crippen molar-refractivity contribution in [3.63, 3.8) is 0 Å². The second-order valence-corrected chi connectivity index (χ2v) is 5.32. The second-order valence-electron chi connectivity index (χ2n) is 4.16. The molecule has 0 atom stereocenters. The molecule has 0 amide bonds. The van der Waals surface area contributed by atoms with E-state index in [2.05, 4.69) is 4.98 Å². The number of imidazole rings is 1. The third kappa shape index (κ3) is 2.01. The molecule has 3 rings (SSSR count). The first-order valence-corrected chi connectivity index (χ1v) is 6.63. The van der Waals surface area contributed by atoms with Crippen LogP contribution in [0.3, 0.4) is 0 Å². The number of hydrogen-bond donors (Lipinski definition) is 1. The van der Waals surface area contributed by atoms with Crippen molar-refractivity contribution in [2.24, 2.45) is 0 Å². The maximum Gasteiger partial charge on any atom is 0.206 e. The van der Waals surface area contributed by atoms with Crippen LogP contribution in [0.5, 0.6) is 0 Å². The summed E-state index contributed by atoms with van der Waals surface area (Å²) in [4.78, 5) is 3.90. The average Bonchev–Trinajstić information content (AvgIpc) is 2.67. The van der Waals surface area contributed by atoms with Crippen LogP contribution in [0.2, 0.25) is 0 Å². The Morgan fingerprint density at radius 2 is 1.80 bits per heavy atom. The Morgan fingerprint density at radius 1 is 1.05 bits per heavy atom. The predicted molar refractivity (Wildman–Crippen MR) is 78.1 cm³/mol. The van der Waals surface area contributed by atoms with E-state index < -0.39 is 17.5 Å². The van der Waals surface area contributed by atoms with Crippen LogP contribution in [-0.4, -0.2) is 9.55 Å². The number of aromatic nitrogens is 2. The van der Waals surface area contributed by atoms with E-state index >= 15 is 0 Å². The van der Waals surface area contributed by atoms with Crippen molar-refractivity contribution in [3.8, 4) is 5.69 Å². The Kier molecular flexibility index (Phi) is 3.08. The standard InChI is InChI=1S/C13H7F3IN3/c14-6-1-2-10(9(17)4-6)20-11-5-7(15)3-8(16)12(11)19-13(20)18/h1-5H,(H2,18,19). The van der Waals surface area contributed by atoms with E-state index in [9.17, 15) is 13.2 Å². The number of nitrogens with zero attached hydrogens (tertiary/aromatic N) is 2. The molecule has 0 aliphatic carbocycles. The molecule has 0 fully saturated rings. The summed E-state index contributed by atoms with van der Waals surface area (Å²) in [6, 6.07) is 5.92. The molecule has 2 N–H and O–H groups in total. The van der Waals surface area contributed by atoms with Crippen LogP contribution >= 0.6 is 22.6 Å². The molecule has 1 heterocycles. The molecule has 102 valence electrons. The highest BCUT2D eigenvalue weighted by atomic mass is 127. The van der Waals surface area contributed by atoms with Gasteiger partial charge in [-0.3, -0.25) is 4.57 Å². The molecule has 20 heavy (non-hydrogen) atoms. The van der Waals surface area contributed by atoms with Crippen LogP contribution in [0, 0.1) is 21.0 Å². The molecule has 1 aromatic heterocycles. The van der Waals surface area contributed by atoms with E-state index in [-0.39, 0.29) is 17.0 Å². The average molecular weight is 389 g/mol. The zero-order chi connectivity index (χ0) is 14.4. The normalized spacial score (nSPS) is 11.2. The lowest BCUT2D eigenvalue weighted by molar-refractivity contribution is 0.590. The third-order valence-corrected chi connectivity index (χ3v) is 3.72. The van der Waals surface area contributed by atoms with Gasteiger partial charge < -0.3 is 5.73 Å². The number of anilines is 1. The Balaban J connectivity index is 2.38. The molecule has 2 aromatic carbocycles. The number of nitrogens with two attached hydrogens (primary N) is 1. The molecule has 0 radical (unpaired) electrons. The topological polar surface area (TPSA) is 43.8 Å². The van der Waals surface area contributed by atoms with Crippen molar-refractivity contribution in [2.75, 3.05) is 5.73 Å². The monoisotopic (exact) mass is 389 g/mol. The summed E-state index contributed by atoms with van der Waals surface area (Å²) in [6.07, 6.45) is 0. The fraction of sp³-hybridized carbons (Fsp3) is 0. The van der Waals surface area contributed by atoms with E-state index in [1.165, 1.54) is 22.8 Å². The highest BCUT2D eigenvalue weighted by Gasteiger charge is 2.16. The first-order valence-electron chi connectivity index (χ1n) is 5.56. The lowest BCUT2D eigenvalue weighted by Gasteiger charge is -2.09. The molecule has 0 spiro atoms. The number of hydrogen-bond acceptors (Lipinski definition) is 2. The number of halogens is 4. The van der Waals surface area contributed by atoms with Gasteiger partial charge in [-0.25, -0.2) is 18.2 Å². The molecule has 3 aromatic rings. The Bertz CT molecular complexity index is 829. The number of benzene rings is 2.